The van der Waals surface area contributed by atoms with Crippen molar-refractivity contribution in [1.29, 1.82) is 0 Å². The minimum Gasteiger partial charge on any atom is -0.443 e. The highest BCUT2D eigenvalue weighted by Crippen LogP contribution is 2.40. The zero-order valence-electron chi connectivity index (χ0n) is 20.5. The van der Waals surface area contributed by atoms with Crippen LogP contribution in [0.15, 0.2) is 41.2 Å². The van der Waals surface area contributed by atoms with Crippen LogP contribution in [0, 0.1) is 24.7 Å². The number of para-hydroxylation sites is 1. The van der Waals surface area contributed by atoms with Gasteiger partial charge in [0.05, 0.1) is 28.9 Å². The molecule has 4 rings (SSSR count). The number of aryl methyl sites for hydroxylation is 2. The summed E-state index contributed by atoms with van der Waals surface area (Å²) in [6.07, 6.45) is 8.15. The Morgan fingerprint density at radius 2 is 2.06 bits per heavy atom. The van der Waals surface area contributed by atoms with Crippen LogP contribution in [0.1, 0.15) is 60.5 Å². The zero-order chi connectivity index (χ0) is 25.3. The minimum absolute atomic E-state index is 0.0839. The molecule has 0 spiro atoms. The fourth-order valence-corrected chi connectivity index (χ4v) is 4.54. The molecule has 0 aliphatic heterocycles. The summed E-state index contributed by atoms with van der Waals surface area (Å²) in [5, 5.41) is 0.456. The Morgan fingerprint density at radius 1 is 1.31 bits per heavy atom. The number of hydrogen-bond donors (Lipinski definition) is 0. The lowest BCUT2D eigenvalue weighted by molar-refractivity contribution is -0.157. The number of carbonyl (C=O) groups excluding carboxylic acids is 2. The second-order valence-electron chi connectivity index (χ2n) is 9.83. The van der Waals surface area contributed by atoms with Crippen molar-refractivity contribution in [2.75, 3.05) is 11.4 Å². The van der Waals surface area contributed by atoms with Crippen LogP contribution in [0.3, 0.4) is 0 Å². The molecule has 1 aliphatic carbocycles. The van der Waals surface area contributed by atoms with Crippen molar-refractivity contribution in [2.24, 2.45) is 5.41 Å². The molecular weight excluding hydrogens is 442 g/mol. The lowest BCUT2D eigenvalue weighted by Gasteiger charge is -2.31. The molecule has 7 heteroatoms. The van der Waals surface area contributed by atoms with Gasteiger partial charge in [-0.2, -0.15) is 0 Å². The standard InChI is InChI=1S/C28H29N3O4/c1-6-13-30(24-10-8-7-9-20(24)16-32)25-12-11-19-14-23-22(15-21(19)25)26(33)31(18(2)29-23)17-35-27(34)28(3,4)5/h1,7-10,14-16,25H,11-13,17H2,2-5H3. The average molecular weight is 472 g/mol. The summed E-state index contributed by atoms with van der Waals surface area (Å²) in [6, 6.07) is 11.1. The number of esters is 1. The Morgan fingerprint density at radius 3 is 2.74 bits per heavy atom. The molecule has 180 valence electrons. The molecule has 0 fully saturated rings. The molecule has 3 aromatic rings. The maximum absolute atomic E-state index is 13.4. The fourth-order valence-electron chi connectivity index (χ4n) is 4.54. The van der Waals surface area contributed by atoms with Gasteiger partial charge in [0.25, 0.3) is 5.56 Å². The number of anilines is 1. The molecule has 0 bridgehead atoms. The van der Waals surface area contributed by atoms with Crippen LogP contribution in [0.25, 0.3) is 10.9 Å². The largest absolute Gasteiger partial charge is 0.443 e. The molecule has 1 unspecified atom stereocenters. The van der Waals surface area contributed by atoms with Gasteiger partial charge in [0.1, 0.15) is 5.82 Å². The third-order valence-electron chi connectivity index (χ3n) is 6.40. The van der Waals surface area contributed by atoms with Crippen molar-refractivity contribution in [3.8, 4) is 12.3 Å². The fraction of sp³-hybridized carbons (Fsp3) is 0.357. The minimum atomic E-state index is -0.672. The van der Waals surface area contributed by atoms with Crippen molar-refractivity contribution in [3.05, 3.63) is 69.3 Å². The van der Waals surface area contributed by atoms with Gasteiger partial charge in [-0.25, -0.2) is 4.98 Å². The number of carbonyl (C=O) groups is 2. The third-order valence-corrected chi connectivity index (χ3v) is 6.40. The monoisotopic (exact) mass is 471 g/mol. The van der Waals surface area contributed by atoms with Crippen LogP contribution in [0.5, 0.6) is 0 Å². The Bertz CT molecular complexity index is 1410. The van der Waals surface area contributed by atoms with E-state index in [2.05, 4.69) is 10.9 Å². The number of aromatic nitrogens is 2. The normalized spacial score (nSPS) is 14.9. The van der Waals surface area contributed by atoms with E-state index in [4.69, 9.17) is 11.2 Å². The molecule has 0 saturated heterocycles. The van der Waals surface area contributed by atoms with Gasteiger partial charge < -0.3 is 9.64 Å². The molecular formula is C28H29N3O4. The van der Waals surface area contributed by atoms with Crippen molar-refractivity contribution in [2.45, 2.75) is 53.3 Å². The highest BCUT2D eigenvalue weighted by Gasteiger charge is 2.30. The number of benzene rings is 2. The first-order chi connectivity index (χ1) is 16.7. The highest BCUT2D eigenvalue weighted by atomic mass is 16.5. The second-order valence-corrected chi connectivity index (χ2v) is 9.83. The summed E-state index contributed by atoms with van der Waals surface area (Å²) in [5.41, 5.74) is 3.12. The van der Waals surface area contributed by atoms with E-state index in [1.165, 1.54) is 4.57 Å². The van der Waals surface area contributed by atoms with Crippen LogP contribution in [-0.2, 0) is 22.7 Å². The molecule has 7 nitrogen and oxygen atoms in total. The molecule has 0 amide bonds. The number of nitrogens with zero attached hydrogens (tertiary/aromatic N) is 3. The van der Waals surface area contributed by atoms with Gasteiger partial charge in [0.2, 0.25) is 0 Å². The number of ether oxygens (including phenoxy) is 1. The summed E-state index contributed by atoms with van der Waals surface area (Å²) in [4.78, 5) is 44.0. The predicted octanol–water partition coefficient (Wildman–Crippen LogP) is 4.19. The maximum Gasteiger partial charge on any atom is 0.312 e. The maximum atomic E-state index is 13.4. The number of terminal acetylenes is 1. The smallest absolute Gasteiger partial charge is 0.312 e. The van der Waals surface area contributed by atoms with Gasteiger partial charge in [0.15, 0.2) is 13.0 Å². The average Bonchev–Trinajstić information content (AvgIpc) is 3.23. The topological polar surface area (TPSA) is 81.5 Å². The lowest BCUT2D eigenvalue weighted by atomic mass is 9.98. The Balaban J connectivity index is 1.77. The SMILES string of the molecule is C#CCN(c1ccccc1C=O)C1CCc2cc3nc(C)n(COC(=O)C(C)(C)C)c(=O)c3cc21. The number of aldehydes is 1. The Hall–Kier alpha value is -3.92. The first-order valence-electron chi connectivity index (χ1n) is 11.6. The van der Waals surface area contributed by atoms with Gasteiger partial charge in [-0.15, -0.1) is 6.42 Å². The van der Waals surface area contributed by atoms with Crippen LogP contribution in [-0.4, -0.2) is 28.4 Å². The third kappa shape index (κ3) is 4.57. The van der Waals surface area contributed by atoms with Crippen molar-refractivity contribution >= 4 is 28.8 Å². The van der Waals surface area contributed by atoms with Gasteiger partial charge in [-0.1, -0.05) is 18.1 Å². The number of rotatable bonds is 6. The molecule has 1 aromatic heterocycles. The number of fused-ring (bicyclic) bond motifs is 2. The van der Waals surface area contributed by atoms with E-state index >= 15 is 0 Å². The molecule has 0 saturated carbocycles. The summed E-state index contributed by atoms with van der Waals surface area (Å²) in [5.74, 6) is 2.80. The van der Waals surface area contributed by atoms with Crippen LogP contribution in [0.4, 0.5) is 5.69 Å². The molecule has 0 radical (unpaired) electrons. The van der Waals surface area contributed by atoms with E-state index in [1.54, 1.807) is 33.8 Å². The first kappa shape index (κ1) is 24.2. The van der Waals surface area contributed by atoms with E-state index in [-0.39, 0.29) is 18.3 Å². The molecule has 1 aliphatic rings. The quantitative estimate of drug-likeness (QED) is 0.305. The lowest BCUT2D eigenvalue weighted by Crippen LogP contribution is -2.30. The summed E-state index contributed by atoms with van der Waals surface area (Å²) < 4.78 is 6.77. The molecule has 2 aromatic carbocycles. The summed E-state index contributed by atoms with van der Waals surface area (Å²) >= 11 is 0. The molecule has 35 heavy (non-hydrogen) atoms. The van der Waals surface area contributed by atoms with Gasteiger partial charge in [0, 0.05) is 11.3 Å². The van der Waals surface area contributed by atoms with E-state index < -0.39 is 11.4 Å². The van der Waals surface area contributed by atoms with E-state index in [9.17, 15) is 14.4 Å². The van der Waals surface area contributed by atoms with Crippen molar-refractivity contribution < 1.29 is 14.3 Å². The van der Waals surface area contributed by atoms with Crippen LogP contribution in [0.2, 0.25) is 0 Å². The van der Waals surface area contributed by atoms with Crippen molar-refractivity contribution in [1.82, 2.24) is 9.55 Å². The van der Waals surface area contributed by atoms with E-state index in [1.807, 2.05) is 35.2 Å². The Labute approximate surface area is 204 Å². The summed E-state index contributed by atoms with van der Waals surface area (Å²) in [6.45, 7) is 7.15. The second kappa shape index (κ2) is 9.38. The van der Waals surface area contributed by atoms with E-state index in [0.29, 0.717) is 28.8 Å². The highest BCUT2D eigenvalue weighted by molar-refractivity contribution is 5.85. The van der Waals surface area contributed by atoms with Gasteiger partial charge >= 0.3 is 5.97 Å². The molecule has 1 heterocycles. The van der Waals surface area contributed by atoms with Gasteiger partial charge in [-0.05, 0) is 75.9 Å². The van der Waals surface area contributed by atoms with Gasteiger partial charge in [-0.3, -0.25) is 19.0 Å². The zero-order valence-corrected chi connectivity index (χ0v) is 20.5. The molecule has 1 atom stereocenters. The number of hydrogen-bond acceptors (Lipinski definition) is 6. The van der Waals surface area contributed by atoms with Crippen LogP contribution < -0.4 is 10.5 Å². The van der Waals surface area contributed by atoms with Crippen molar-refractivity contribution in [3.63, 3.8) is 0 Å². The first-order valence-corrected chi connectivity index (χ1v) is 11.6. The van der Waals surface area contributed by atoms with E-state index in [0.717, 1.165) is 35.9 Å². The summed E-state index contributed by atoms with van der Waals surface area (Å²) in [7, 11) is 0. The Kier molecular flexibility index (Phi) is 6.49. The van der Waals surface area contributed by atoms with Crippen LogP contribution >= 0.6 is 0 Å². The molecule has 0 N–H and O–H groups in total. The predicted molar refractivity (Wildman–Crippen MR) is 135 cm³/mol.